The van der Waals surface area contributed by atoms with Crippen LogP contribution in [-0.4, -0.2) is 26.6 Å². The summed E-state index contributed by atoms with van der Waals surface area (Å²) in [7, 11) is 0. The molecule has 2 amide bonds. The number of nitrogens with zero attached hydrogens (tertiary/aromatic N) is 3. The molecule has 12 heteroatoms. The number of benzene rings is 2. The van der Waals surface area contributed by atoms with Crippen molar-refractivity contribution in [1.29, 1.82) is 0 Å². The molecule has 1 saturated carbocycles. The van der Waals surface area contributed by atoms with Gasteiger partial charge in [-0.05, 0) is 73.1 Å². The molecule has 7 nitrogen and oxygen atoms in total. The minimum absolute atomic E-state index is 0.0861. The number of fused-ring (bicyclic) bond motifs is 3. The van der Waals surface area contributed by atoms with E-state index in [2.05, 4.69) is 15.4 Å². The number of alkyl halides is 2. The second kappa shape index (κ2) is 11.2. The third kappa shape index (κ3) is 5.73. The summed E-state index contributed by atoms with van der Waals surface area (Å²) in [6, 6.07) is 8.98. The molecule has 6 rings (SSSR count). The lowest BCUT2D eigenvalue weighted by Gasteiger charge is -2.22. The largest absolute Gasteiger partial charge is 0.366 e. The minimum Gasteiger partial charge on any atom is -0.366 e. The number of pyridine rings is 1. The first-order valence-electron chi connectivity index (χ1n) is 13.8. The number of carbonyl (C=O) groups is 2. The minimum atomic E-state index is -2.78. The zero-order valence-electron chi connectivity index (χ0n) is 22.7. The highest BCUT2D eigenvalue weighted by Gasteiger charge is 2.46. The van der Waals surface area contributed by atoms with Crippen molar-refractivity contribution in [3.8, 4) is 11.1 Å². The van der Waals surface area contributed by atoms with Crippen molar-refractivity contribution in [2.45, 2.75) is 50.6 Å². The number of carbonyl (C=O) groups excluding carboxylic acids is 2. The van der Waals surface area contributed by atoms with Crippen LogP contribution in [0.25, 0.3) is 11.1 Å². The van der Waals surface area contributed by atoms with Gasteiger partial charge in [0.1, 0.15) is 29.7 Å². The smallest absolute Gasteiger partial charge is 0.282 e. The summed E-state index contributed by atoms with van der Waals surface area (Å²) in [4.78, 5) is 29.7. The van der Waals surface area contributed by atoms with Crippen LogP contribution in [0.4, 0.5) is 22.0 Å². The number of rotatable bonds is 9. The number of nitrogens with two attached hydrogens (primary N) is 1. The zero-order chi connectivity index (χ0) is 30.4. The van der Waals surface area contributed by atoms with Crippen LogP contribution in [0.1, 0.15) is 69.8 Å². The van der Waals surface area contributed by atoms with Gasteiger partial charge in [0, 0.05) is 35.0 Å². The number of hydrogen-bond donors (Lipinski definition) is 2. The molecule has 0 radical (unpaired) electrons. The van der Waals surface area contributed by atoms with Gasteiger partial charge in [-0.2, -0.15) is 5.10 Å². The van der Waals surface area contributed by atoms with E-state index in [1.807, 2.05) is 0 Å². The Morgan fingerprint density at radius 3 is 2.53 bits per heavy atom. The molecule has 222 valence electrons. The Balaban J connectivity index is 1.36. The fourth-order valence-corrected chi connectivity index (χ4v) is 6.11. The van der Waals surface area contributed by atoms with Crippen LogP contribution < -0.4 is 11.1 Å². The highest BCUT2D eigenvalue weighted by Crippen LogP contribution is 2.55. The van der Waals surface area contributed by atoms with Gasteiger partial charge < -0.3 is 11.1 Å². The highest BCUT2D eigenvalue weighted by atomic mass is 19.3. The molecule has 43 heavy (non-hydrogen) atoms. The molecule has 3 atom stereocenters. The maximum atomic E-state index is 14.2. The number of amides is 2. The molecular weight excluding hydrogens is 569 g/mol. The van der Waals surface area contributed by atoms with E-state index in [4.69, 9.17) is 5.73 Å². The van der Waals surface area contributed by atoms with Crippen LogP contribution in [-0.2, 0) is 24.2 Å². The molecule has 2 heterocycles. The number of nitrogens with one attached hydrogen (secondary N) is 1. The normalized spacial score (nSPS) is 17.7. The third-order valence-electron chi connectivity index (χ3n) is 8.07. The second-order valence-corrected chi connectivity index (χ2v) is 10.9. The van der Waals surface area contributed by atoms with Crippen LogP contribution in [0, 0.1) is 23.4 Å². The summed E-state index contributed by atoms with van der Waals surface area (Å²) < 4.78 is 71.4. The van der Waals surface area contributed by atoms with Crippen molar-refractivity contribution < 1.29 is 31.5 Å². The van der Waals surface area contributed by atoms with Crippen molar-refractivity contribution in [2.75, 3.05) is 0 Å². The summed E-state index contributed by atoms with van der Waals surface area (Å²) in [5.41, 5.74) is 7.09. The van der Waals surface area contributed by atoms with E-state index < -0.39 is 41.7 Å². The molecule has 3 unspecified atom stereocenters. The summed E-state index contributed by atoms with van der Waals surface area (Å²) >= 11 is 0. The van der Waals surface area contributed by atoms with Gasteiger partial charge >= 0.3 is 0 Å². The molecule has 0 aliphatic heterocycles. The predicted molar refractivity (Wildman–Crippen MR) is 145 cm³/mol. The van der Waals surface area contributed by atoms with E-state index in [0.717, 1.165) is 37.1 Å². The Morgan fingerprint density at radius 2 is 1.81 bits per heavy atom. The van der Waals surface area contributed by atoms with Crippen LogP contribution in [0.15, 0.2) is 54.7 Å². The first-order chi connectivity index (χ1) is 20.6. The summed E-state index contributed by atoms with van der Waals surface area (Å²) in [6.45, 7) is -0.350. The zero-order valence-corrected chi connectivity index (χ0v) is 22.7. The number of aromatic nitrogens is 3. The number of halogens is 5. The average molecular weight is 596 g/mol. The second-order valence-electron chi connectivity index (χ2n) is 10.9. The lowest BCUT2D eigenvalue weighted by molar-refractivity contribution is -0.122. The van der Waals surface area contributed by atoms with E-state index in [1.54, 1.807) is 12.1 Å². The topological polar surface area (TPSA) is 103 Å². The van der Waals surface area contributed by atoms with Gasteiger partial charge in [0.2, 0.25) is 5.91 Å². The molecule has 2 aromatic heterocycles. The van der Waals surface area contributed by atoms with Crippen molar-refractivity contribution in [1.82, 2.24) is 20.1 Å². The Hall–Kier alpha value is -4.61. The van der Waals surface area contributed by atoms with E-state index in [1.165, 1.54) is 23.0 Å². The lowest BCUT2D eigenvalue weighted by atomic mass is 9.94. The van der Waals surface area contributed by atoms with Crippen molar-refractivity contribution in [2.24, 2.45) is 11.7 Å². The van der Waals surface area contributed by atoms with Gasteiger partial charge in [0.05, 0.1) is 17.3 Å². The van der Waals surface area contributed by atoms with E-state index in [0.29, 0.717) is 34.7 Å². The standard InChI is InChI=1S/C31H26F5N5O2/c32-18-8-15(9-19(33)13-18)10-25(27-20(2-1-7-38-27)16-4-6-24(34)23(12-16)31(37)43)39-26(42)14-41-29-21(28(40-41)30(35)36)5-3-17-11-22(17)29/h1-2,4,6-9,12-13,17,22,25,30H,3,5,10-11,14H2,(H2,37,43)(H,39,42). The van der Waals surface area contributed by atoms with Crippen LogP contribution in [0.5, 0.6) is 0 Å². The van der Waals surface area contributed by atoms with Crippen molar-refractivity contribution >= 4 is 11.8 Å². The molecule has 0 bridgehead atoms. The lowest BCUT2D eigenvalue weighted by Crippen LogP contribution is -2.34. The summed E-state index contributed by atoms with van der Waals surface area (Å²) in [6.07, 6.45) is 0.728. The van der Waals surface area contributed by atoms with Crippen molar-refractivity contribution in [3.05, 3.63) is 106 Å². The molecule has 1 fully saturated rings. The monoisotopic (exact) mass is 595 g/mol. The number of hydrogen-bond acceptors (Lipinski definition) is 4. The van der Waals surface area contributed by atoms with Crippen LogP contribution in [0.2, 0.25) is 0 Å². The number of primary amides is 1. The Bertz CT molecular complexity index is 1720. The van der Waals surface area contributed by atoms with Crippen LogP contribution in [0.3, 0.4) is 0 Å². The first-order valence-corrected chi connectivity index (χ1v) is 13.8. The average Bonchev–Trinajstić information content (AvgIpc) is 3.65. The fourth-order valence-electron chi connectivity index (χ4n) is 6.11. The predicted octanol–water partition coefficient (Wildman–Crippen LogP) is 5.55. The molecule has 2 aromatic carbocycles. The molecule has 3 N–H and O–H groups in total. The van der Waals surface area contributed by atoms with Gasteiger partial charge in [-0.1, -0.05) is 12.1 Å². The summed E-state index contributed by atoms with van der Waals surface area (Å²) in [5, 5.41) is 6.95. The first kappa shape index (κ1) is 28.5. The van der Waals surface area contributed by atoms with Gasteiger partial charge in [-0.15, -0.1) is 0 Å². The molecule has 0 spiro atoms. The molecule has 0 saturated heterocycles. The fraction of sp³-hybridized carbons (Fsp3) is 0.290. The molecule has 2 aliphatic carbocycles. The molecule has 2 aliphatic rings. The molecule has 4 aromatic rings. The van der Waals surface area contributed by atoms with Crippen LogP contribution >= 0.6 is 0 Å². The van der Waals surface area contributed by atoms with E-state index in [9.17, 15) is 31.5 Å². The summed E-state index contributed by atoms with van der Waals surface area (Å²) in [5.74, 6) is -3.52. The Kier molecular flexibility index (Phi) is 7.45. The van der Waals surface area contributed by atoms with Gasteiger partial charge in [-0.25, -0.2) is 22.0 Å². The third-order valence-corrected chi connectivity index (χ3v) is 8.07. The van der Waals surface area contributed by atoms with E-state index >= 15 is 0 Å². The Labute approximate surface area is 242 Å². The maximum Gasteiger partial charge on any atom is 0.282 e. The van der Waals surface area contributed by atoms with Gasteiger partial charge in [0.15, 0.2) is 0 Å². The highest BCUT2D eigenvalue weighted by molar-refractivity contribution is 5.94. The van der Waals surface area contributed by atoms with Crippen molar-refractivity contribution in [3.63, 3.8) is 0 Å². The SMILES string of the molecule is NC(=O)c1cc(-c2cccnc2C(Cc2cc(F)cc(F)c2)NC(=O)Cn2nc(C(F)F)c3c2C2CC2CC3)ccc1F. The maximum absolute atomic E-state index is 14.2. The van der Waals surface area contributed by atoms with Gasteiger partial charge in [-0.3, -0.25) is 19.3 Å². The van der Waals surface area contributed by atoms with Gasteiger partial charge in [0.25, 0.3) is 12.3 Å². The van der Waals surface area contributed by atoms with E-state index in [-0.39, 0.29) is 41.4 Å². The quantitative estimate of drug-likeness (QED) is 0.248. The Morgan fingerprint density at radius 1 is 1.05 bits per heavy atom. The molecular formula is C31H26F5N5O2.